The van der Waals surface area contributed by atoms with Gasteiger partial charge in [-0.15, -0.1) is 17.5 Å². The lowest BCUT2D eigenvalue weighted by atomic mass is 10.2. The molecule has 1 amide bonds. The Morgan fingerprint density at radius 1 is 1.37 bits per heavy atom. The molecule has 8 heteroatoms. The van der Waals surface area contributed by atoms with E-state index in [9.17, 15) is 4.79 Å². The summed E-state index contributed by atoms with van der Waals surface area (Å²) >= 11 is 0. The molecule has 0 aliphatic carbocycles. The van der Waals surface area contributed by atoms with Gasteiger partial charge in [0, 0.05) is 12.6 Å². The van der Waals surface area contributed by atoms with Crippen molar-refractivity contribution in [3.8, 4) is 11.4 Å². The van der Waals surface area contributed by atoms with Crippen LogP contribution in [0.5, 0.6) is 5.75 Å². The summed E-state index contributed by atoms with van der Waals surface area (Å²) in [4.78, 5) is 12.5. The van der Waals surface area contributed by atoms with Crippen LogP contribution in [-0.2, 0) is 6.42 Å². The van der Waals surface area contributed by atoms with E-state index in [-0.39, 0.29) is 24.4 Å². The van der Waals surface area contributed by atoms with E-state index in [1.165, 1.54) is 0 Å². The summed E-state index contributed by atoms with van der Waals surface area (Å²) in [6.45, 7) is 7.63. The van der Waals surface area contributed by atoms with Crippen LogP contribution in [0.1, 0.15) is 49.8 Å². The van der Waals surface area contributed by atoms with Gasteiger partial charge in [0.05, 0.1) is 17.5 Å². The molecule has 7 nitrogen and oxygen atoms in total. The molecule has 1 unspecified atom stereocenters. The maximum atomic E-state index is 12.5. The molecular formula is C19H28ClN5O2. The summed E-state index contributed by atoms with van der Waals surface area (Å²) in [5.74, 6) is 0.644. The molecule has 2 heterocycles. The Bertz CT molecular complexity index is 739. The topological polar surface area (TPSA) is 81.1 Å². The van der Waals surface area contributed by atoms with E-state index in [4.69, 9.17) is 4.74 Å². The summed E-state index contributed by atoms with van der Waals surface area (Å²) in [6.07, 6.45) is 3.05. The molecule has 1 aliphatic heterocycles. The normalized spacial score (nSPS) is 16.2. The minimum atomic E-state index is -0.165. The van der Waals surface area contributed by atoms with Gasteiger partial charge in [-0.05, 0) is 63.9 Å². The minimum absolute atomic E-state index is 0. The fourth-order valence-corrected chi connectivity index (χ4v) is 3.17. The highest BCUT2D eigenvalue weighted by atomic mass is 35.5. The Balaban J connectivity index is 0.00000261. The Morgan fingerprint density at radius 3 is 2.70 bits per heavy atom. The van der Waals surface area contributed by atoms with Gasteiger partial charge in [0.1, 0.15) is 5.75 Å². The number of hydrogen-bond acceptors (Lipinski definition) is 5. The smallest absolute Gasteiger partial charge is 0.273 e. The Hall–Kier alpha value is -2.12. The number of amides is 1. The number of halogens is 1. The molecule has 27 heavy (non-hydrogen) atoms. The zero-order chi connectivity index (χ0) is 18.5. The van der Waals surface area contributed by atoms with Gasteiger partial charge in [-0.1, -0.05) is 12.1 Å². The number of aromatic nitrogens is 3. The van der Waals surface area contributed by atoms with Gasteiger partial charge >= 0.3 is 0 Å². The van der Waals surface area contributed by atoms with Crippen molar-refractivity contribution in [3.05, 3.63) is 35.7 Å². The van der Waals surface area contributed by atoms with Gasteiger partial charge in [0.2, 0.25) is 0 Å². The van der Waals surface area contributed by atoms with Crippen molar-refractivity contribution < 1.29 is 9.53 Å². The predicted octanol–water partition coefficient (Wildman–Crippen LogP) is 2.52. The second-order valence-electron chi connectivity index (χ2n) is 6.81. The Morgan fingerprint density at radius 2 is 2.11 bits per heavy atom. The molecule has 1 aromatic heterocycles. The number of benzene rings is 1. The first kappa shape index (κ1) is 21.2. The number of ether oxygens (including phenoxy) is 1. The molecule has 1 saturated heterocycles. The van der Waals surface area contributed by atoms with Gasteiger partial charge in [-0.2, -0.15) is 0 Å². The Kier molecular flexibility index (Phi) is 7.62. The van der Waals surface area contributed by atoms with E-state index in [0.29, 0.717) is 24.7 Å². The van der Waals surface area contributed by atoms with Gasteiger partial charge < -0.3 is 15.4 Å². The maximum absolute atomic E-state index is 12.5. The lowest BCUT2D eigenvalue weighted by Crippen LogP contribution is -2.37. The fraction of sp³-hybridized carbons (Fsp3) is 0.526. The van der Waals surface area contributed by atoms with Crippen LogP contribution in [0.4, 0.5) is 0 Å². The quantitative estimate of drug-likeness (QED) is 0.755. The van der Waals surface area contributed by atoms with Gasteiger partial charge in [-0.25, -0.2) is 4.68 Å². The SMILES string of the molecule is CCc1c(C(=O)NCC2CCCN2)nnn1-c1ccc(OC(C)C)cc1.Cl. The van der Waals surface area contributed by atoms with Crippen molar-refractivity contribution in [3.63, 3.8) is 0 Å². The lowest BCUT2D eigenvalue weighted by molar-refractivity contribution is 0.0944. The summed E-state index contributed by atoms with van der Waals surface area (Å²) in [5.41, 5.74) is 2.06. The van der Waals surface area contributed by atoms with Crippen LogP contribution in [-0.4, -0.2) is 46.1 Å². The molecule has 1 aliphatic rings. The zero-order valence-corrected chi connectivity index (χ0v) is 16.9. The van der Waals surface area contributed by atoms with Crippen molar-refractivity contribution in [2.45, 2.75) is 52.2 Å². The molecule has 148 valence electrons. The van der Waals surface area contributed by atoms with Crippen LogP contribution in [0.3, 0.4) is 0 Å². The van der Waals surface area contributed by atoms with Crippen LogP contribution < -0.4 is 15.4 Å². The monoisotopic (exact) mass is 393 g/mol. The molecule has 0 saturated carbocycles. The number of carbonyl (C=O) groups is 1. The van der Waals surface area contributed by atoms with Gasteiger partial charge in [0.15, 0.2) is 5.69 Å². The van der Waals surface area contributed by atoms with E-state index in [1.54, 1.807) is 4.68 Å². The molecule has 1 aromatic carbocycles. The number of nitrogens with zero attached hydrogens (tertiary/aromatic N) is 3. The number of nitrogens with one attached hydrogen (secondary N) is 2. The molecule has 0 spiro atoms. The predicted molar refractivity (Wildman–Crippen MR) is 107 cm³/mol. The molecule has 1 fully saturated rings. The standard InChI is InChI=1S/C19H27N5O2.ClH/c1-4-17-18(19(25)21-12-14-6-5-11-20-14)22-23-24(17)15-7-9-16(10-8-15)26-13(2)3;/h7-10,13-14,20H,4-6,11-12H2,1-3H3,(H,21,25);1H. The first-order valence-electron chi connectivity index (χ1n) is 9.31. The number of carbonyl (C=O) groups excluding carboxylic acids is 1. The molecule has 0 radical (unpaired) electrons. The highest BCUT2D eigenvalue weighted by Gasteiger charge is 2.21. The minimum Gasteiger partial charge on any atom is -0.491 e. The van der Waals surface area contributed by atoms with Crippen molar-refractivity contribution in [2.24, 2.45) is 0 Å². The fourth-order valence-electron chi connectivity index (χ4n) is 3.17. The molecule has 0 bridgehead atoms. The summed E-state index contributed by atoms with van der Waals surface area (Å²) in [6, 6.07) is 8.02. The summed E-state index contributed by atoms with van der Waals surface area (Å²) in [5, 5.41) is 14.7. The third-order valence-electron chi connectivity index (χ3n) is 4.44. The Labute approximate surface area is 166 Å². The first-order chi connectivity index (χ1) is 12.6. The van der Waals surface area contributed by atoms with Crippen LogP contribution >= 0.6 is 12.4 Å². The van der Waals surface area contributed by atoms with Crippen molar-refractivity contribution >= 4 is 18.3 Å². The van der Waals surface area contributed by atoms with Gasteiger partial charge in [-0.3, -0.25) is 4.79 Å². The van der Waals surface area contributed by atoms with Crippen LogP contribution in [0.15, 0.2) is 24.3 Å². The molecule has 2 aromatic rings. The largest absolute Gasteiger partial charge is 0.491 e. The number of hydrogen-bond donors (Lipinski definition) is 2. The van der Waals surface area contributed by atoms with Crippen molar-refractivity contribution in [1.82, 2.24) is 25.6 Å². The molecule has 3 rings (SSSR count). The second kappa shape index (κ2) is 9.71. The summed E-state index contributed by atoms with van der Waals surface area (Å²) < 4.78 is 7.39. The third kappa shape index (κ3) is 5.20. The van der Waals surface area contributed by atoms with E-state index >= 15 is 0 Å². The van der Waals surface area contributed by atoms with Crippen LogP contribution in [0.25, 0.3) is 5.69 Å². The summed E-state index contributed by atoms with van der Waals surface area (Å²) in [7, 11) is 0. The highest BCUT2D eigenvalue weighted by molar-refractivity contribution is 5.93. The van der Waals surface area contributed by atoms with Crippen LogP contribution in [0, 0.1) is 0 Å². The molecular weight excluding hydrogens is 366 g/mol. The van der Waals surface area contributed by atoms with E-state index < -0.39 is 0 Å². The van der Waals surface area contributed by atoms with Crippen LogP contribution in [0.2, 0.25) is 0 Å². The van der Waals surface area contributed by atoms with E-state index in [0.717, 1.165) is 36.5 Å². The lowest BCUT2D eigenvalue weighted by Gasteiger charge is -2.12. The third-order valence-corrected chi connectivity index (χ3v) is 4.44. The highest BCUT2D eigenvalue weighted by Crippen LogP contribution is 2.19. The van der Waals surface area contributed by atoms with Gasteiger partial charge in [0.25, 0.3) is 5.91 Å². The number of rotatable bonds is 7. The average Bonchev–Trinajstić information content (AvgIpc) is 3.29. The molecule has 2 N–H and O–H groups in total. The second-order valence-corrected chi connectivity index (χ2v) is 6.81. The van der Waals surface area contributed by atoms with Crippen molar-refractivity contribution in [1.29, 1.82) is 0 Å². The first-order valence-corrected chi connectivity index (χ1v) is 9.31. The van der Waals surface area contributed by atoms with E-state index in [1.807, 2.05) is 45.0 Å². The van der Waals surface area contributed by atoms with Crippen molar-refractivity contribution in [2.75, 3.05) is 13.1 Å². The average molecular weight is 394 g/mol. The van der Waals surface area contributed by atoms with E-state index in [2.05, 4.69) is 20.9 Å². The maximum Gasteiger partial charge on any atom is 0.273 e. The zero-order valence-electron chi connectivity index (χ0n) is 16.1. The molecule has 1 atom stereocenters.